The van der Waals surface area contributed by atoms with E-state index in [1.165, 1.54) is 11.3 Å². The van der Waals surface area contributed by atoms with Gasteiger partial charge in [-0.15, -0.1) is 11.3 Å². The van der Waals surface area contributed by atoms with Crippen molar-refractivity contribution in [1.82, 2.24) is 4.98 Å². The van der Waals surface area contributed by atoms with Gasteiger partial charge in [0.25, 0.3) is 5.91 Å². The molecule has 2 N–H and O–H groups in total. The molecule has 0 bridgehead atoms. The van der Waals surface area contributed by atoms with Crippen LogP contribution in [0.5, 0.6) is 11.5 Å². The van der Waals surface area contributed by atoms with Crippen molar-refractivity contribution in [2.75, 3.05) is 23.8 Å². The summed E-state index contributed by atoms with van der Waals surface area (Å²) >= 11 is 1.43. The summed E-state index contributed by atoms with van der Waals surface area (Å²) in [6.07, 6.45) is 1.48. The average Bonchev–Trinajstić information content (AvgIpc) is 3.34. The minimum Gasteiger partial charge on any atom is -0.486 e. The maximum absolute atomic E-state index is 12.9. The lowest BCUT2D eigenvalue weighted by atomic mass is 10.1. The number of thiazole rings is 1. The molecule has 2 amide bonds. The first-order valence-electron chi connectivity index (χ1n) is 10.1. The van der Waals surface area contributed by atoms with Crippen molar-refractivity contribution >= 4 is 34.0 Å². The molecule has 31 heavy (non-hydrogen) atoms. The summed E-state index contributed by atoms with van der Waals surface area (Å²) in [5.74, 6) is 0.651. The van der Waals surface area contributed by atoms with Crippen molar-refractivity contribution in [3.63, 3.8) is 0 Å². The Kier molecular flexibility index (Phi) is 5.07. The molecule has 2 heterocycles. The number of carbonyl (C=O) groups excluding carboxylic acids is 2. The summed E-state index contributed by atoms with van der Waals surface area (Å²) in [6, 6.07) is 12.7. The molecule has 1 aromatic heterocycles. The van der Waals surface area contributed by atoms with Gasteiger partial charge >= 0.3 is 0 Å². The zero-order valence-corrected chi connectivity index (χ0v) is 17.8. The third-order valence-corrected chi connectivity index (χ3v) is 6.42. The van der Waals surface area contributed by atoms with Crippen LogP contribution in [0.4, 0.5) is 10.8 Å². The van der Waals surface area contributed by atoms with Gasteiger partial charge in [-0.05, 0) is 44.0 Å². The largest absolute Gasteiger partial charge is 0.486 e. The fourth-order valence-corrected chi connectivity index (χ4v) is 4.79. The highest BCUT2D eigenvalue weighted by atomic mass is 32.1. The van der Waals surface area contributed by atoms with Gasteiger partial charge in [-0.1, -0.05) is 17.7 Å². The highest BCUT2D eigenvalue weighted by Gasteiger charge is 2.33. The molecule has 0 unspecified atom stereocenters. The van der Waals surface area contributed by atoms with Crippen LogP contribution in [0.2, 0.25) is 0 Å². The van der Waals surface area contributed by atoms with E-state index in [0.717, 1.165) is 22.6 Å². The molecule has 1 atom stereocenters. The van der Waals surface area contributed by atoms with Crippen molar-refractivity contribution in [1.29, 1.82) is 0 Å². The first-order chi connectivity index (χ1) is 15.1. The van der Waals surface area contributed by atoms with E-state index in [2.05, 4.69) is 15.6 Å². The molecule has 2 aliphatic rings. The van der Waals surface area contributed by atoms with Gasteiger partial charge in [0.1, 0.15) is 13.2 Å². The molecule has 0 fully saturated rings. The summed E-state index contributed by atoms with van der Waals surface area (Å²) in [7, 11) is 0. The Morgan fingerprint density at radius 1 is 1.03 bits per heavy atom. The normalized spacial score (nSPS) is 16.5. The van der Waals surface area contributed by atoms with Crippen LogP contribution in [0.3, 0.4) is 0 Å². The molecule has 8 heteroatoms. The van der Waals surface area contributed by atoms with Gasteiger partial charge in [-0.25, -0.2) is 4.98 Å². The quantitative estimate of drug-likeness (QED) is 0.643. The maximum Gasteiger partial charge on any atom is 0.257 e. The number of fused-ring (bicyclic) bond motifs is 2. The number of amides is 2. The monoisotopic (exact) mass is 435 g/mol. The number of carbonyl (C=O) groups is 2. The minimum absolute atomic E-state index is 0.114. The van der Waals surface area contributed by atoms with Crippen LogP contribution in [0.15, 0.2) is 42.5 Å². The van der Waals surface area contributed by atoms with Crippen LogP contribution in [-0.4, -0.2) is 30.0 Å². The number of aryl methyl sites for hydroxylation is 2. The number of ether oxygens (including phenoxy) is 2. The van der Waals surface area contributed by atoms with E-state index in [-0.39, 0.29) is 17.7 Å². The van der Waals surface area contributed by atoms with Crippen LogP contribution in [0.1, 0.15) is 38.8 Å². The second-order valence-corrected chi connectivity index (χ2v) is 8.67. The lowest BCUT2D eigenvalue weighted by molar-refractivity contribution is -0.117. The summed E-state index contributed by atoms with van der Waals surface area (Å²) in [5, 5.41) is 6.34. The number of hydrogen-bond acceptors (Lipinski definition) is 6. The SMILES string of the molecule is Cc1ccc(C(=O)Nc2nc3c(s2)CC[C@H]3C(=O)Nc2ccc3c(c2)OCCO3)cc1. The minimum atomic E-state index is -0.343. The molecule has 0 saturated heterocycles. The Balaban J connectivity index is 1.28. The molecule has 0 spiro atoms. The molecule has 1 aliphatic heterocycles. The maximum atomic E-state index is 12.9. The lowest BCUT2D eigenvalue weighted by Gasteiger charge is -2.19. The van der Waals surface area contributed by atoms with Crippen molar-refractivity contribution in [3.8, 4) is 11.5 Å². The predicted octanol–water partition coefficient (Wildman–Crippen LogP) is 4.14. The van der Waals surface area contributed by atoms with Gasteiger partial charge < -0.3 is 14.8 Å². The Morgan fingerprint density at radius 3 is 2.61 bits per heavy atom. The first kappa shape index (κ1) is 19.6. The molecule has 5 rings (SSSR count). The summed E-state index contributed by atoms with van der Waals surface area (Å²) in [5.41, 5.74) is 3.08. The summed E-state index contributed by atoms with van der Waals surface area (Å²) < 4.78 is 11.1. The molecule has 0 saturated carbocycles. The number of benzene rings is 2. The number of anilines is 2. The van der Waals surface area contributed by atoms with Crippen LogP contribution in [0, 0.1) is 6.92 Å². The van der Waals surface area contributed by atoms with Crippen LogP contribution >= 0.6 is 11.3 Å². The number of nitrogens with zero attached hydrogens (tertiary/aromatic N) is 1. The van der Waals surface area contributed by atoms with Gasteiger partial charge in [-0.2, -0.15) is 0 Å². The summed E-state index contributed by atoms with van der Waals surface area (Å²) in [6.45, 7) is 2.99. The molecule has 1 aliphatic carbocycles. The molecule has 0 radical (unpaired) electrons. The smallest absolute Gasteiger partial charge is 0.257 e. The van der Waals surface area contributed by atoms with E-state index in [1.807, 2.05) is 19.1 Å². The molecular weight excluding hydrogens is 414 g/mol. The Morgan fingerprint density at radius 2 is 1.81 bits per heavy atom. The fraction of sp³-hybridized carbons (Fsp3) is 0.261. The Bertz CT molecular complexity index is 1160. The molecular formula is C23H21N3O4S. The number of aromatic nitrogens is 1. The van der Waals surface area contributed by atoms with E-state index < -0.39 is 0 Å². The number of nitrogens with one attached hydrogen (secondary N) is 2. The Hall–Kier alpha value is -3.39. The van der Waals surface area contributed by atoms with E-state index >= 15 is 0 Å². The Labute approximate surface area is 183 Å². The second kappa shape index (κ2) is 8.03. The number of rotatable bonds is 4. The molecule has 7 nitrogen and oxygen atoms in total. The van der Waals surface area contributed by atoms with E-state index in [4.69, 9.17) is 9.47 Å². The third-order valence-electron chi connectivity index (χ3n) is 5.38. The third kappa shape index (κ3) is 3.98. The van der Waals surface area contributed by atoms with E-state index in [9.17, 15) is 9.59 Å². The predicted molar refractivity (Wildman–Crippen MR) is 118 cm³/mol. The van der Waals surface area contributed by atoms with E-state index in [1.54, 1.807) is 30.3 Å². The average molecular weight is 436 g/mol. The van der Waals surface area contributed by atoms with Crippen molar-refractivity contribution in [2.24, 2.45) is 0 Å². The van der Waals surface area contributed by atoms with Gasteiger partial charge in [-0.3, -0.25) is 14.9 Å². The van der Waals surface area contributed by atoms with Crippen molar-refractivity contribution in [3.05, 3.63) is 64.2 Å². The van der Waals surface area contributed by atoms with Crippen LogP contribution < -0.4 is 20.1 Å². The van der Waals surface area contributed by atoms with Crippen molar-refractivity contribution in [2.45, 2.75) is 25.7 Å². The first-order valence-corrected chi connectivity index (χ1v) is 11.0. The van der Waals surface area contributed by atoms with Gasteiger partial charge in [0.05, 0.1) is 11.6 Å². The summed E-state index contributed by atoms with van der Waals surface area (Å²) in [4.78, 5) is 31.0. The van der Waals surface area contributed by atoms with Crippen molar-refractivity contribution < 1.29 is 19.1 Å². The lowest BCUT2D eigenvalue weighted by Crippen LogP contribution is -2.20. The molecule has 3 aromatic rings. The zero-order valence-electron chi connectivity index (χ0n) is 16.9. The van der Waals surface area contributed by atoms with Crippen LogP contribution in [0.25, 0.3) is 0 Å². The highest BCUT2D eigenvalue weighted by Crippen LogP contribution is 2.39. The zero-order chi connectivity index (χ0) is 21.4. The number of hydrogen-bond donors (Lipinski definition) is 2. The fourth-order valence-electron chi connectivity index (χ4n) is 3.76. The molecule has 2 aromatic carbocycles. The van der Waals surface area contributed by atoms with Crippen LogP contribution in [-0.2, 0) is 11.2 Å². The topological polar surface area (TPSA) is 89.6 Å². The highest BCUT2D eigenvalue weighted by molar-refractivity contribution is 7.16. The second-order valence-electron chi connectivity index (χ2n) is 7.59. The van der Waals surface area contributed by atoms with Gasteiger partial charge in [0, 0.05) is 22.2 Å². The van der Waals surface area contributed by atoms with E-state index in [0.29, 0.717) is 47.5 Å². The standard InChI is InChI=1S/C23H21N3O4S/c1-13-2-4-14(5-3-13)21(27)26-23-25-20-16(7-9-19(20)31-23)22(28)24-15-6-8-17-18(12-15)30-11-10-29-17/h2-6,8,12,16H,7,9-11H2,1H3,(H,24,28)(H,25,26,27)/t16-/m1/s1. The van der Waals surface area contributed by atoms with Gasteiger partial charge in [0.2, 0.25) is 5.91 Å². The van der Waals surface area contributed by atoms with Gasteiger partial charge in [0.15, 0.2) is 16.6 Å². The molecule has 158 valence electrons.